The van der Waals surface area contributed by atoms with Crippen molar-refractivity contribution in [2.24, 2.45) is 0 Å². The van der Waals surface area contributed by atoms with E-state index >= 15 is 0 Å². The highest BCUT2D eigenvalue weighted by molar-refractivity contribution is 9.11. The molecule has 0 spiro atoms. The van der Waals surface area contributed by atoms with E-state index in [4.69, 9.17) is 0 Å². The number of benzene rings is 2. The van der Waals surface area contributed by atoms with Gasteiger partial charge >= 0.3 is 0 Å². The summed E-state index contributed by atoms with van der Waals surface area (Å²) in [5, 5.41) is 0. The molecule has 0 saturated heterocycles. The fraction of sp³-hybridized carbons (Fsp3) is 0. The summed E-state index contributed by atoms with van der Waals surface area (Å²) < 4.78 is 15.0. The smallest absolute Gasteiger partial charge is 0.193 e. The Morgan fingerprint density at radius 1 is 0.889 bits per heavy atom. The van der Waals surface area contributed by atoms with Crippen molar-refractivity contribution in [3.05, 3.63) is 66.8 Å². The second kappa shape index (κ2) is 5.63. The second-order valence-corrected chi connectivity index (χ2v) is 6.30. The summed E-state index contributed by atoms with van der Waals surface area (Å²) in [6, 6.07) is 9.51. The highest BCUT2D eigenvalue weighted by Gasteiger charge is 2.12. The molecule has 0 unspecified atom stereocenters. The molecule has 0 heterocycles. The van der Waals surface area contributed by atoms with Gasteiger partial charge in [-0.1, -0.05) is 31.9 Å². The van der Waals surface area contributed by atoms with Crippen LogP contribution in [0.25, 0.3) is 0 Å². The molecule has 0 N–H and O–H groups in total. The van der Waals surface area contributed by atoms with E-state index in [1.165, 1.54) is 18.2 Å². The molecule has 0 aliphatic heterocycles. The molecule has 18 heavy (non-hydrogen) atoms. The molecule has 5 heteroatoms. The van der Waals surface area contributed by atoms with E-state index in [0.717, 1.165) is 8.95 Å². The normalized spacial score (nSPS) is 10.4. The standard InChI is InChI=1S/C13H6Br3FO/c14-9-3-8(4-10(15)6-9)13(18)7-1-2-12(17)11(16)5-7/h1-6H. The lowest BCUT2D eigenvalue weighted by Crippen LogP contribution is -2.01. The lowest BCUT2D eigenvalue weighted by Gasteiger charge is -2.04. The van der Waals surface area contributed by atoms with Gasteiger partial charge in [0.25, 0.3) is 0 Å². The van der Waals surface area contributed by atoms with Crippen molar-refractivity contribution in [1.29, 1.82) is 0 Å². The maximum absolute atomic E-state index is 13.1. The molecule has 0 amide bonds. The van der Waals surface area contributed by atoms with E-state index in [1.54, 1.807) is 12.1 Å². The van der Waals surface area contributed by atoms with Gasteiger partial charge < -0.3 is 0 Å². The molecular formula is C13H6Br3FO. The van der Waals surface area contributed by atoms with Gasteiger partial charge in [0.2, 0.25) is 0 Å². The molecule has 0 aliphatic rings. The first-order chi connectivity index (χ1) is 8.47. The fourth-order valence-electron chi connectivity index (χ4n) is 1.49. The first-order valence-electron chi connectivity index (χ1n) is 4.93. The van der Waals surface area contributed by atoms with E-state index in [2.05, 4.69) is 47.8 Å². The third-order valence-corrected chi connectivity index (χ3v) is 3.83. The molecule has 2 rings (SSSR count). The first-order valence-corrected chi connectivity index (χ1v) is 7.31. The summed E-state index contributed by atoms with van der Waals surface area (Å²) in [5.74, 6) is -0.542. The topological polar surface area (TPSA) is 17.1 Å². The van der Waals surface area contributed by atoms with Crippen molar-refractivity contribution >= 4 is 53.6 Å². The minimum atomic E-state index is -0.387. The maximum Gasteiger partial charge on any atom is 0.193 e. The zero-order valence-corrected chi connectivity index (χ0v) is 13.6. The molecule has 0 saturated carbocycles. The van der Waals surface area contributed by atoms with Crippen molar-refractivity contribution in [2.75, 3.05) is 0 Å². The molecule has 0 atom stereocenters. The van der Waals surface area contributed by atoms with Gasteiger partial charge in [-0.05, 0) is 52.3 Å². The van der Waals surface area contributed by atoms with Crippen LogP contribution in [0.2, 0.25) is 0 Å². The van der Waals surface area contributed by atoms with Crippen molar-refractivity contribution in [3.63, 3.8) is 0 Å². The molecular weight excluding hydrogens is 431 g/mol. The third-order valence-electron chi connectivity index (χ3n) is 2.31. The number of rotatable bonds is 2. The summed E-state index contributed by atoms with van der Waals surface area (Å²) >= 11 is 9.73. The Morgan fingerprint density at radius 2 is 1.50 bits per heavy atom. The predicted octanol–water partition coefficient (Wildman–Crippen LogP) is 5.34. The summed E-state index contributed by atoms with van der Waals surface area (Å²) in [4.78, 5) is 12.2. The average molecular weight is 437 g/mol. The van der Waals surface area contributed by atoms with Gasteiger partial charge in [0.1, 0.15) is 5.82 Å². The SMILES string of the molecule is O=C(c1cc(Br)cc(Br)c1)c1ccc(F)c(Br)c1. The van der Waals surface area contributed by atoms with Gasteiger partial charge in [0.15, 0.2) is 5.78 Å². The lowest BCUT2D eigenvalue weighted by molar-refractivity contribution is 0.103. The Balaban J connectivity index is 2.44. The van der Waals surface area contributed by atoms with Crippen LogP contribution in [0.5, 0.6) is 0 Å². The van der Waals surface area contributed by atoms with Crippen molar-refractivity contribution in [2.45, 2.75) is 0 Å². The maximum atomic E-state index is 13.1. The molecule has 0 aliphatic carbocycles. The molecule has 2 aromatic rings. The highest BCUT2D eigenvalue weighted by atomic mass is 79.9. The first kappa shape index (κ1) is 13.9. The Kier molecular flexibility index (Phi) is 4.35. The minimum absolute atomic E-state index is 0.155. The zero-order chi connectivity index (χ0) is 13.3. The van der Waals surface area contributed by atoms with Gasteiger partial charge in [0, 0.05) is 20.1 Å². The highest BCUT2D eigenvalue weighted by Crippen LogP contribution is 2.24. The largest absolute Gasteiger partial charge is 0.289 e. The van der Waals surface area contributed by atoms with Gasteiger partial charge in [-0.15, -0.1) is 0 Å². The van der Waals surface area contributed by atoms with Crippen LogP contribution in [0.3, 0.4) is 0 Å². The summed E-state index contributed by atoms with van der Waals surface area (Å²) in [5.41, 5.74) is 0.975. The van der Waals surface area contributed by atoms with Crippen LogP contribution in [0.15, 0.2) is 49.8 Å². The average Bonchev–Trinajstić information content (AvgIpc) is 2.30. The Bertz CT molecular complexity index is 605. The number of hydrogen-bond acceptors (Lipinski definition) is 1. The van der Waals surface area contributed by atoms with Crippen LogP contribution in [0.4, 0.5) is 4.39 Å². The van der Waals surface area contributed by atoms with E-state index < -0.39 is 0 Å². The van der Waals surface area contributed by atoms with E-state index in [-0.39, 0.29) is 16.1 Å². The van der Waals surface area contributed by atoms with Gasteiger partial charge in [-0.25, -0.2) is 4.39 Å². The molecule has 0 radical (unpaired) electrons. The number of halogens is 4. The molecule has 1 nitrogen and oxygen atoms in total. The van der Waals surface area contributed by atoms with Gasteiger partial charge in [0.05, 0.1) is 4.47 Å². The van der Waals surface area contributed by atoms with Crippen LogP contribution in [0, 0.1) is 5.82 Å². The predicted molar refractivity (Wildman–Crippen MR) is 79.4 cm³/mol. The number of ketones is 1. The Hall–Kier alpha value is -0.520. The van der Waals surface area contributed by atoms with Gasteiger partial charge in [-0.3, -0.25) is 4.79 Å². The van der Waals surface area contributed by atoms with E-state index in [9.17, 15) is 9.18 Å². The Morgan fingerprint density at radius 3 is 2.06 bits per heavy atom. The van der Waals surface area contributed by atoms with Crippen molar-refractivity contribution < 1.29 is 9.18 Å². The van der Waals surface area contributed by atoms with Crippen molar-refractivity contribution in [1.82, 2.24) is 0 Å². The molecule has 0 bridgehead atoms. The van der Waals surface area contributed by atoms with Crippen LogP contribution in [0.1, 0.15) is 15.9 Å². The lowest BCUT2D eigenvalue weighted by atomic mass is 10.0. The number of carbonyl (C=O) groups excluding carboxylic acids is 1. The van der Waals surface area contributed by atoms with Crippen LogP contribution >= 0.6 is 47.8 Å². The summed E-state index contributed by atoms with van der Waals surface area (Å²) in [7, 11) is 0. The molecule has 92 valence electrons. The minimum Gasteiger partial charge on any atom is -0.289 e. The molecule has 2 aromatic carbocycles. The second-order valence-electron chi connectivity index (χ2n) is 3.62. The molecule has 0 fully saturated rings. The summed E-state index contributed by atoms with van der Waals surface area (Å²) in [6.45, 7) is 0. The Labute approximate surface area is 129 Å². The monoisotopic (exact) mass is 434 g/mol. The van der Waals surface area contributed by atoms with Crippen molar-refractivity contribution in [3.8, 4) is 0 Å². The van der Waals surface area contributed by atoms with Gasteiger partial charge in [-0.2, -0.15) is 0 Å². The van der Waals surface area contributed by atoms with E-state index in [1.807, 2.05) is 6.07 Å². The quantitative estimate of drug-likeness (QED) is 0.580. The van der Waals surface area contributed by atoms with E-state index in [0.29, 0.717) is 11.1 Å². The zero-order valence-electron chi connectivity index (χ0n) is 8.88. The number of hydrogen-bond donors (Lipinski definition) is 0. The number of carbonyl (C=O) groups is 1. The van der Waals surface area contributed by atoms with Crippen LogP contribution in [-0.2, 0) is 0 Å². The van der Waals surface area contributed by atoms with Crippen LogP contribution in [-0.4, -0.2) is 5.78 Å². The summed E-state index contributed by atoms with van der Waals surface area (Å²) in [6.07, 6.45) is 0. The fourth-order valence-corrected chi connectivity index (χ4v) is 3.16. The third kappa shape index (κ3) is 3.08. The van der Waals surface area contributed by atoms with Crippen LogP contribution < -0.4 is 0 Å². The molecule has 0 aromatic heterocycles.